The molecule has 132 valence electrons. The molecular formula is C20H23NO4. The number of anilines is 1. The molecule has 25 heavy (non-hydrogen) atoms. The molecule has 1 saturated heterocycles. The molecule has 0 spiro atoms. The van der Waals surface area contributed by atoms with Crippen LogP contribution in [0.1, 0.15) is 43.5 Å². The summed E-state index contributed by atoms with van der Waals surface area (Å²) in [6.45, 7) is 4.33. The third kappa shape index (κ3) is 2.57. The Bertz CT molecular complexity index is 696. The van der Waals surface area contributed by atoms with Crippen LogP contribution in [0.25, 0.3) is 0 Å². The number of hydrogen-bond acceptors (Lipinski definition) is 4. The molecule has 0 unspecified atom stereocenters. The third-order valence-corrected chi connectivity index (χ3v) is 5.84. The van der Waals surface area contributed by atoms with E-state index in [1.807, 2.05) is 13.8 Å². The van der Waals surface area contributed by atoms with E-state index in [0.717, 1.165) is 19.3 Å². The number of ether oxygens (including phenoxy) is 1. The van der Waals surface area contributed by atoms with E-state index >= 15 is 0 Å². The van der Waals surface area contributed by atoms with Gasteiger partial charge in [0.1, 0.15) is 0 Å². The van der Waals surface area contributed by atoms with Crippen LogP contribution in [0.2, 0.25) is 0 Å². The number of amides is 2. The standard InChI is InChI=1S/C20H23NO4/c1-11(2)10-25-20(24)12-5-7-15(8-6-12)21-18(22)16-13-3-4-14(9-13)17(16)19(21)23/h5-8,11,13-14,16-17H,3-4,9-10H2,1-2H3/t13-,14-,16-,17+/m0/s1. The average Bonchev–Trinajstić information content (AvgIpc) is 3.27. The molecule has 0 N–H and O–H groups in total. The molecule has 5 heteroatoms. The molecule has 3 aliphatic rings. The molecule has 3 fully saturated rings. The second-order valence-corrected chi connectivity index (χ2v) is 7.94. The number of imide groups is 1. The molecule has 2 bridgehead atoms. The minimum absolute atomic E-state index is 0.0580. The molecule has 1 aliphatic heterocycles. The molecule has 1 aromatic carbocycles. The van der Waals surface area contributed by atoms with Crippen LogP contribution in [-0.2, 0) is 14.3 Å². The van der Waals surface area contributed by atoms with Crippen LogP contribution in [0.3, 0.4) is 0 Å². The first-order valence-corrected chi connectivity index (χ1v) is 9.12. The van der Waals surface area contributed by atoms with Gasteiger partial charge in [-0.1, -0.05) is 13.8 Å². The zero-order valence-electron chi connectivity index (χ0n) is 14.6. The molecule has 0 aromatic heterocycles. The monoisotopic (exact) mass is 341 g/mol. The SMILES string of the molecule is CC(C)COC(=O)c1ccc(N2C(=O)[C@@H]3[C@H]4CC[C@@H](C4)[C@@H]3C2=O)cc1. The molecule has 0 radical (unpaired) electrons. The highest BCUT2D eigenvalue weighted by Crippen LogP contribution is 2.56. The second kappa shape index (κ2) is 5.97. The maximum atomic E-state index is 12.8. The maximum Gasteiger partial charge on any atom is 0.338 e. The van der Waals surface area contributed by atoms with Gasteiger partial charge in [-0.3, -0.25) is 14.5 Å². The van der Waals surface area contributed by atoms with E-state index in [9.17, 15) is 14.4 Å². The quantitative estimate of drug-likeness (QED) is 0.624. The highest BCUT2D eigenvalue weighted by molar-refractivity contribution is 6.22. The van der Waals surface area contributed by atoms with E-state index < -0.39 is 0 Å². The van der Waals surface area contributed by atoms with Gasteiger partial charge in [0.15, 0.2) is 0 Å². The number of fused-ring (bicyclic) bond motifs is 5. The van der Waals surface area contributed by atoms with E-state index in [-0.39, 0.29) is 35.5 Å². The van der Waals surface area contributed by atoms with Crippen molar-refractivity contribution in [1.29, 1.82) is 0 Å². The minimum Gasteiger partial charge on any atom is -0.462 e. The topological polar surface area (TPSA) is 63.7 Å². The fourth-order valence-corrected chi connectivity index (χ4v) is 4.74. The van der Waals surface area contributed by atoms with Crippen molar-refractivity contribution in [3.05, 3.63) is 29.8 Å². The molecule has 2 aliphatic carbocycles. The molecule has 1 aromatic rings. The van der Waals surface area contributed by atoms with Gasteiger partial charge in [0.25, 0.3) is 0 Å². The Hall–Kier alpha value is -2.17. The number of esters is 1. The first kappa shape index (κ1) is 16.3. The Morgan fingerprint density at radius 2 is 1.64 bits per heavy atom. The van der Waals surface area contributed by atoms with Gasteiger partial charge in [-0.25, -0.2) is 4.79 Å². The van der Waals surface area contributed by atoms with Gasteiger partial charge in [-0.05, 0) is 61.3 Å². The molecule has 2 saturated carbocycles. The van der Waals surface area contributed by atoms with Crippen molar-refractivity contribution >= 4 is 23.5 Å². The summed E-state index contributed by atoms with van der Waals surface area (Å²) < 4.78 is 5.21. The summed E-state index contributed by atoms with van der Waals surface area (Å²) in [7, 11) is 0. The predicted octanol–water partition coefficient (Wildman–Crippen LogP) is 3.03. The van der Waals surface area contributed by atoms with Gasteiger partial charge >= 0.3 is 5.97 Å². The molecule has 4 atom stereocenters. The van der Waals surface area contributed by atoms with Crippen LogP contribution in [-0.4, -0.2) is 24.4 Å². The number of nitrogens with zero attached hydrogens (tertiary/aromatic N) is 1. The number of rotatable bonds is 4. The summed E-state index contributed by atoms with van der Waals surface area (Å²) in [4.78, 5) is 38.9. The highest BCUT2D eigenvalue weighted by Gasteiger charge is 2.61. The van der Waals surface area contributed by atoms with Gasteiger partial charge in [0.05, 0.1) is 29.7 Å². The van der Waals surface area contributed by atoms with Gasteiger partial charge in [0.2, 0.25) is 11.8 Å². The van der Waals surface area contributed by atoms with Crippen LogP contribution in [0.5, 0.6) is 0 Å². The van der Waals surface area contributed by atoms with Crippen molar-refractivity contribution < 1.29 is 19.1 Å². The number of carbonyl (C=O) groups excluding carboxylic acids is 3. The number of hydrogen-bond donors (Lipinski definition) is 0. The minimum atomic E-state index is -0.380. The van der Waals surface area contributed by atoms with E-state index in [0.29, 0.717) is 29.7 Å². The summed E-state index contributed by atoms with van der Waals surface area (Å²) in [5, 5.41) is 0. The van der Waals surface area contributed by atoms with Gasteiger partial charge in [-0.2, -0.15) is 0 Å². The lowest BCUT2D eigenvalue weighted by molar-refractivity contribution is -0.123. The maximum absolute atomic E-state index is 12.8. The van der Waals surface area contributed by atoms with Crippen LogP contribution in [0, 0.1) is 29.6 Å². The van der Waals surface area contributed by atoms with Crippen molar-refractivity contribution in [1.82, 2.24) is 0 Å². The molecular weight excluding hydrogens is 318 g/mol. The van der Waals surface area contributed by atoms with E-state index in [2.05, 4.69) is 0 Å². The summed E-state index contributed by atoms with van der Waals surface area (Å²) in [5.41, 5.74) is 0.993. The van der Waals surface area contributed by atoms with Crippen LogP contribution < -0.4 is 4.90 Å². The summed E-state index contributed by atoms with van der Waals surface area (Å²) in [6, 6.07) is 6.60. The zero-order valence-corrected chi connectivity index (χ0v) is 14.6. The van der Waals surface area contributed by atoms with E-state index in [4.69, 9.17) is 4.74 Å². The average molecular weight is 341 g/mol. The fourth-order valence-electron chi connectivity index (χ4n) is 4.74. The number of benzene rings is 1. The highest BCUT2D eigenvalue weighted by atomic mass is 16.5. The summed E-state index contributed by atoms with van der Waals surface area (Å²) >= 11 is 0. The lowest BCUT2D eigenvalue weighted by atomic mass is 9.81. The smallest absolute Gasteiger partial charge is 0.338 e. The summed E-state index contributed by atoms with van der Waals surface area (Å²) in [6.07, 6.45) is 3.17. The lowest BCUT2D eigenvalue weighted by Crippen LogP contribution is -2.32. The lowest BCUT2D eigenvalue weighted by Gasteiger charge is -2.19. The molecule has 4 rings (SSSR count). The van der Waals surface area contributed by atoms with Crippen molar-refractivity contribution in [3.8, 4) is 0 Å². The Morgan fingerprint density at radius 3 is 2.16 bits per heavy atom. The van der Waals surface area contributed by atoms with Crippen molar-refractivity contribution in [3.63, 3.8) is 0 Å². The van der Waals surface area contributed by atoms with Gasteiger partial charge in [-0.15, -0.1) is 0 Å². The van der Waals surface area contributed by atoms with Gasteiger partial charge < -0.3 is 4.74 Å². The van der Waals surface area contributed by atoms with Crippen molar-refractivity contribution in [2.45, 2.75) is 33.1 Å². The molecule has 1 heterocycles. The largest absolute Gasteiger partial charge is 0.462 e. The normalized spacial score (nSPS) is 30.3. The van der Waals surface area contributed by atoms with E-state index in [1.165, 1.54) is 4.90 Å². The van der Waals surface area contributed by atoms with Crippen LogP contribution >= 0.6 is 0 Å². The molecule has 2 amide bonds. The number of carbonyl (C=O) groups is 3. The van der Waals surface area contributed by atoms with Crippen molar-refractivity contribution in [2.24, 2.45) is 29.6 Å². The second-order valence-electron chi connectivity index (χ2n) is 7.94. The summed E-state index contributed by atoms with van der Waals surface area (Å²) in [5.74, 6) is 0.286. The van der Waals surface area contributed by atoms with Crippen LogP contribution in [0.4, 0.5) is 5.69 Å². The van der Waals surface area contributed by atoms with E-state index in [1.54, 1.807) is 24.3 Å². The predicted molar refractivity (Wildman–Crippen MR) is 91.9 cm³/mol. The third-order valence-electron chi connectivity index (χ3n) is 5.84. The first-order valence-electron chi connectivity index (χ1n) is 9.12. The Balaban J connectivity index is 1.52. The Morgan fingerprint density at radius 1 is 1.08 bits per heavy atom. The molecule has 5 nitrogen and oxygen atoms in total. The van der Waals surface area contributed by atoms with Gasteiger partial charge in [0, 0.05) is 0 Å². The fraction of sp³-hybridized carbons (Fsp3) is 0.550. The van der Waals surface area contributed by atoms with Crippen molar-refractivity contribution in [2.75, 3.05) is 11.5 Å². The Kier molecular flexibility index (Phi) is 3.89. The first-order chi connectivity index (χ1) is 12.0. The Labute approximate surface area is 147 Å². The zero-order chi connectivity index (χ0) is 17.7. The van der Waals surface area contributed by atoms with Crippen LogP contribution in [0.15, 0.2) is 24.3 Å².